The SMILES string of the molecule is C=[C-]C([NH-])=O.O=S([O-])O.[Rb+].[Y]. The Morgan fingerprint density at radius 2 is 1.82 bits per heavy atom. The average molecular weight is 325 g/mol. The van der Waals surface area contributed by atoms with E-state index in [1.807, 2.05) is 0 Å². The Morgan fingerprint density at radius 3 is 1.82 bits per heavy atom. The normalized spacial score (nSPS) is 8.55. The summed E-state index contributed by atoms with van der Waals surface area (Å²) in [4.78, 5) is 9.31. The zero-order chi connectivity index (χ0) is 7.86. The second-order valence-corrected chi connectivity index (χ2v) is 1.16. The van der Waals surface area contributed by atoms with Crippen molar-refractivity contribution in [1.82, 2.24) is 0 Å². The summed E-state index contributed by atoms with van der Waals surface area (Å²) >= 11 is -2.86. The van der Waals surface area contributed by atoms with Crippen molar-refractivity contribution in [2.45, 2.75) is 0 Å². The summed E-state index contributed by atoms with van der Waals surface area (Å²) in [5.41, 5.74) is 6.01. The molecule has 11 heavy (non-hydrogen) atoms. The summed E-state index contributed by atoms with van der Waals surface area (Å²) in [6, 6.07) is 0. The monoisotopic (exact) mass is 324 g/mol. The molecule has 0 aromatic rings. The van der Waals surface area contributed by atoms with Crippen LogP contribution in [0.1, 0.15) is 0 Å². The predicted molar refractivity (Wildman–Crippen MR) is 29.7 cm³/mol. The first-order valence-electron chi connectivity index (χ1n) is 1.57. The average Bonchev–Trinajstić information content (AvgIpc) is 1.65. The van der Waals surface area contributed by atoms with E-state index in [2.05, 4.69) is 6.58 Å². The van der Waals surface area contributed by atoms with E-state index in [1.165, 1.54) is 0 Å². The van der Waals surface area contributed by atoms with Gasteiger partial charge in [-0.05, 0) is 0 Å². The van der Waals surface area contributed by atoms with Gasteiger partial charge in [0, 0.05) is 32.7 Å². The molecule has 1 unspecified atom stereocenters. The van der Waals surface area contributed by atoms with Gasteiger partial charge < -0.3 is 25.7 Å². The Hall–Kier alpha value is 2.19. The van der Waals surface area contributed by atoms with Gasteiger partial charge in [0.1, 0.15) is 0 Å². The van der Waals surface area contributed by atoms with E-state index in [9.17, 15) is 4.79 Å². The van der Waals surface area contributed by atoms with Crippen LogP contribution in [0.15, 0.2) is 6.58 Å². The van der Waals surface area contributed by atoms with Gasteiger partial charge in [-0.15, -0.1) is 5.91 Å². The molecule has 0 aliphatic rings. The van der Waals surface area contributed by atoms with Crippen LogP contribution in [-0.4, -0.2) is 19.2 Å². The number of nitrogens with one attached hydrogen (secondary N) is 1. The minimum atomic E-state index is -2.86. The van der Waals surface area contributed by atoms with E-state index in [-0.39, 0.29) is 90.9 Å². The first-order chi connectivity index (χ1) is 4.00. The van der Waals surface area contributed by atoms with E-state index >= 15 is 0 Å². The van der Waals surface area contributed by atoms with E-state index in [0.717, 1.165) is 0 Å². The third-order valence-electron chi connectivity index (χ3n) is 0.161. The van der Waals surface area contributed by atoms with Gasteiger partial charge in [-0.25, -0.2) is 4.21 Å². The number of carbonyl (C=O) groups is 1. The molecule has 57 valence electrons. The van der Waals surface area contributed by atoms with E-state index in [4.69, 9.17) is 19.0 Å². The molecule has 0 aromatic carbocycles. The number of hydrogen-bond acceptors (Lipinski definition) is 3. The summed E-state index contributed by atoms with van der Waals surface area (Å²) in [6.07, 6.45) is 1.81. The quantitative estimate of drug-likeness (QED) is 0.313. The molecule has 0 heterocycles. The van der Waals surface area contributed by atoms with Gasteiger partial charge in [-0.2, -0.15) is 0 Å². The molecular weight excluding hydrogens is 320 g/mol. The predicted octanol–water partition coefficient (Wildman–Crippen LogP) is -3.11. The number of carbonyl (C=O) groups excluding carboxylic acids is 1. The topological polar surface area (TPSA) is 101 Å². The molecule has 0 bridgehead atoms. The Kier molecular flexibility index (Phi) is 38.1. The zero-order valence-electron chi connectivity index (χ0n) is 5.86. The van der Waals surface area contributed by atoms with Crippen molar-refractivity contribution >= 4 is 17.3 Å². The largest absolute Gasteiger partial charge is 1.00 e. The molecule has 0 saturated carbocycles. The van der Waals surface area contributed by atoms with Crippen LogP contribution in [0.25, 0.3) is 5.73 Å². The molecule has 2 N–H and O–H groups in total. The second kappa shape index (κ2) is 18.1. The van der Waals surface area contributed by atoms with Crippen molar-refractivity contribution < 1.29 is 109 Å². The minimum Gasteiger partial charge on any atom is -0.750 e. The van der Waals surface area contributed by atoms with Gasteiger partial charge in [-0.1, -0.05) is 0 Å². The maximum atomic E-state index is 9.31. The van der Waals surface area contributed by atoms with Crippen LogP contribution < -0.4 is 58.2 Å². The standard InChI is InChI=1S/C3H4NO.H2O3S.Rb.Y/c1-2-3(4)5;1-4(2)3;;/h1H2,(H2,4,5);(H2,1,2,3);;/q-1;;+1;/p-2. The zero-order valence-corrected chi connectivity index (χ0v) is 14.4. The molecule has 0 saturated heterocycles. The Morgan fingerprint density at radius 1 is 1.73 bits per heavy atom. The fourth-order valence-corrected chi connectivity index (χ4v) is 0. The molecule has 0 fully saturated rings. The van der Waals surface area contributed by atoms with Crippen LogP contribution in [-0.2, 0) is 48.9 Å². The fraction of sp³-hybridized carbons (Fsp3) is 0. The number of hydrogen-bond donors (Lipinski definition) is 1. The summed E-state index contributed by atoms with van der Waals surface area (Å²) in [5.74, 6) is -0.856. The van der Waals surface area contributed by atoms with Crippen LogP contribution in [0.2, 0.25) is 0 Å². The Labute approximate surface area is 141 Å². The van der Waals surface area contributed by atoms with Crippen molar-refractivity contribution in [1.29, 1.82) is 0 Å². The number of amides is 1. The molecule has 0 aromatic heterocycles. The molecule has 5 nitrogen and oxygen atoms in total. The number of rotatable bonds is 1. The van der Waals surface area contributed by atoms with Crippen LogP contribution in [0.4, 0.5) is 0 Å². The summed E-state index contributed by atoms with van der Waals surface area (Å²) in [5, 5.41) is 0. The van der Waals surface area contributed by atoms with Crippen LogP contribution >= 0.6 is 0 Å². The van der Waals surface area contributed by atoms with Crippen molar-refractivity contribution in [3.05, 3.63) is 18.4 Å². The van der Waals surface area contributed by atoms with E-state index in [0.29, 0.717) is 0 Å². The van der Waals surface area contributed by atoms with Crippen molar-refractivity contribution in [3.8, 4) is 0 Å². The second-order valence-electron chi connectivity index (χ2n) is 0.723. The van der Waals surface area contributed by atoms with E-state index < -0.39 is 17.3 Å². The minimum absolute atomic E-state index is 0. The van der Waals surface area contributed by atoms with Crippen LogP contribution in [0, 0.1) is 6.08 Å². The maximum absolute atomic E-state index is 9.31. The molecule has 1 amide bonds. The smallest absolute Gasteiger partial charge is 0.750 e. The van der Waals surface area contributed by atoms with E-state index in [1.54, 1.807) is 6.08 Å². The van der Waals surface area contributed by atoms with Crippen molar-refractivity contribution in [3.63, 3.8) is 0 Å². The summed E-state index contributed by atoms with van der Waals surface area (Å²) in [7, 11) is 0. The molecule has 1 atom stereocenters. The fourth-order valence-electron chi connectivity index (χ4n) is 0. The first-order valence-corrected chi connectivity index (χ1v) is 2.61. The van der Waals surface area contributed by atoms with Gasteiger partial charge in [0.25, 0.3) is 0 Å². The van der Waals surface area contributed by atoms with Crippen molar-refractivity contribution in [2.75, 3.05) is 0 Å². The Bertz CT molecular complexity index is 129. The third-order valence-corrected chi connectivity index (χ3v) is 0.161. The summed E-state index contributed by atoms with van der Waals surface area (Å²) < 4.78 is 24.1. The van der Waals surface area contributed by atoms with Gasteiger partial charge in [0.05, 0.1) is 11.4 Å². The van der Waals surface area contributed by atoms with Crippen LogP contribution in [0.5, 0.6) is 0 Å². The third kappa shape index (κ3) is 72.1. The van der Waals surface area contributed by atoms with Crippen molar-refractivity contribution in [2.24, 2.45) is 0 Å². The summed E-state index contributed by atoms with van der Waals surface area (Å²) in [6.45, 7) is 2.90. The maximum Gasteiger partial charge on any atom is 1.00 e. The molecule has 1 radical (unpaired) electrons. The molecule has 0 aliphatic heterocycles. The van der Waals surface area contributed by atoms with Gasteiger partial charge in [0.15, 0.2) is 0 Å². The van der Waals surface area contributed by atoms with Crippen LogP contribution in [0.3, 0.4) is 0 Å². The van der Waals surface area contributed by atoms with Gasteiger partial charge >= 0.3 is 58.2 Å². The Balaban J connectivity index is -0.0000000383. The van der Waals surface area contributed by atoms with Gasteiger partial charge in [-0.3, -0.25) is 6.58 Å². The first kappa shape index (κ1) is 23.2. The molecule has 0 rings (SSSR count). The molecule has 8 heteroatoms. The molecule has 0 aliphatic carbocycles. The van der Waals surface area contributed by atoms with Gasteiger partial charge in [0.2, 0.25) is 0 Å². The molecular formula is C3H4NO4RbSY-2. The molecule has 0 spiro atoms.